The van der Waals surface area contributed by atoms with Gasteiger partial charge in [0, 0.05) is 25.2 Å². The van der Waals surface area contributed by atoms with Gasteiger partial charge in [0.1, 0.15) is 5.69 Å². The van der Waals surface area contributed by atoms with Crippen LogP contribution in [0.25, 0.3) is 0 Å². The normalized spacial score (nSPS) is 15.6. The van der Waals surface area contributed by atoms with Crippen molar-refractivity contribution in [1.82, 2.24) is 19.7 Å². The van der Waals surface area contributed by atoms with Crippen LogP contribution in [-0.2, 0) is 10.9 Å². The molecule has 0 aliphatic carbocycles. The fourth-order valence-electron chi connectivity index (χ4n) is 3.43. The molecule has 33 heavy (non-hydrogen) atoms. The van der Waals surface area contributed by atoms with Crippen LogP contribution < -0.4 is 10.2 Å². The Hall–Kier alpha value is -3.80. The second kappa shape index (κ2) is 9.36. The zero-order valence-electron chi connectivity index (χ0n) is 16.7. The van der Waals surface area contributed by atoms with Crippen LogP contribution in [0.4, 0.5) is 24.7 Å². The molecule has 3 aromatic rings. The Morgan fingerprint density at radius 2 is 1.94 bits per heavy atom. The van der Waals surface area contributed by atoms with E-state index in [2.05, 4.69) is 20.4 Å². The number of hydrogen-bond donors (Lipinski definition) is 1. The van der Waals surface area contributed by atoms with Gasteiger partial charge in [-0.3, -0.25) is 19.3 Å². The molecule has 1 aromatic carbocycles. The lowest BCUT2D eigenvalue weighted by atomic mass is 10.1. The molecule has 174 valence electrons. The number of benzene rings is 1. The molecule has 4 rings (SSSR count). The van der Waals surface area contributed by atoms with Crippen LogP contribution in [0.1, 0.15) is 39.9 Å². The van der Waals surface area contributed by atoms with Crippen molar-refractivity contribution in [1.29, 1.82) is 0 Å². The molecule has 0 fully saturated rings. The number of methoxy groups -OCH3 is 1. The van der Waals surface area contributed by atoms with Crippen molar-refractivity contribution in [3.05, 3.63) is 65.9 Å². The van der Waals surface area contributed by atoms with E-state index in [9.17, 15) is 22.8 Å². The number of aromatic nitrogens is 4. The molecule has 0 radical (unpaired) electrons. The first-order valence-electron chi connectivity index (χ1n) is 9.42. The Balaban J connectivity index is 0.00000306. The summed E-state index contributed by atoms with van der Waals surface area (Å²) in [6.45, 7) is 0.280. The zero-order valence-corrected chi connectivity index (χ0v) is 16.7. The molecule has 1 N–H and O–H groups in total. The van der Waals surface area contributed by atoms with Crippen molar-refractivity contribution in [3.8, 4) is 0 Å². The first kappa shape index (κ1) is 23.9. The Morgan fingerprint density at radius 1 is 1.21 bits per heavy atom. The predicted octanol–water partition coefficient (Wildman–Crippen LogP) is 3.43. The SMILES string of the molecule is C.COCC1CN(c2ccc(C(F)(F)F)cc2)C(=O)c2c(C(=O)Nc3cnccn3)cnn21. The lowest BCUT2D eigenvalue weighted by Gasteiger charge is -2.33. The molecule has 9 nitrogen and oxygen atoms in total. The largest absolute Gasteiger partial charge is 0.416 e. The number of alkyl halides is 3. The molecular formula is C21H21F3N6O3. The highest BCUT2D eigenvalue weighted by atomic mass is 19.4. The summed E-state index contributed by atoms with van der Waals surface area (Å²) < 4.78 is 45.4. The number of carbonyl (C=O) groups excluding carboxylic acids is 2. The van der Waals surface area contributed by atoms with Gasteiger partial charge in [0.25, 0.3) is 11.8 Å². The topological polar surface area (TPSA) is 102 Å². The summed E-state index contributed by atoms with van der Waals surface area (Å²) in [5, 5.41) is 6.74. The van der Waals surface area contributed by atoms with E-state index >= 15 is 0 Å². The molecule has 0 bridgehead atoms. The third-order valence-corrected chi connectivity index (χ3v) is 4.90. The molecule has 1 unspecified atom stereocenters. The van der Waals surface area contributed by atoms with Gasteiger partial charge in [-0.1, -0.05) is 7.43 Å². The highest BCUT2D eigenvalue weighted by molar-refractivity contribution is 6.15. The summed E-state index contributed by atoms with van der Waals surface area (Å²) in [4.78, 5) is 35.2. The highest BCUT2D eigenvalue weighted by Crippen LogP contribution is 2.33. The van der Waals surface area contributed by atoms with E-state index in [1.54, 1.807) is 0 Å². The second-order valence-corrected chi connectivity index (χ2v) is 6.97. The molecule has 12 heteroatoms. The second-order valence-electron chi connectivity index (χ2n) is 6.97. The van der Waals surface area contributed by atoms with Crippen LogP contribution in [0.3, 0.4) is 0 Å². The van der Waals surface area contributed by atoms with E-state index in [4.69, 9.17) is 4.74 Å². The summed E-state index contributed by atoms with van der Waals surface area (Å²) in [6.07, 6.45) is 0.955. The van der Waals surface area contributed by atoms with Gasteiger partial charge in [-0.15, -0.1) is 0 Å². The average Bonchev–Trinajstić information content (AvgIpc) is 3.22. The van der Waals surface area contributed by atoms with Gasteiger partial charge < -0.3 is 15.0 Å². The van der Waals surface area contributed by atoms with Crippen LogP contribution in [0.15, 0.2) is 49.1 Å². The predicted molar refractivity (Wildman–Crippen MR) is 113 cm³/mol. The van der Waals surface area contributed by atoms with E-state index in [0.717, 1.165) is 12.1 Å². The van der Waals surface area contributed by atoms with E-state index < -0.39 is 29.6 Å². The first-order valence-corrected chi connectivity index (χ1v) is 9.42. The Kier molecular flexibility index (Phi) is 6.77. The fourth-order valence-corrected chi connectivity index (χ4v) is 3.43. The summed E-state index contributed by atoms with van der Waals surface area (Å²) in [6, 6.07) is 3.79. The van der Waals surface area contributed by atoms with Crippen molar-refractivity contribution >= 4 is 23.3 Å². The fraction of sp³-hybridized carbons (Fsp3) is 0.286. The average molecular weight is 462 g/mol. The maximum absolute atomic E-state index is 13.3. The number of nitrogens with one attached hydrogen (secondary N) is 1. The van der Waals surface area contributed by atoms with Gasteiger partial charge >= 0.3 is 6.18 Å². The van der Waals surface area contributed by atoms with Crippen LogP contribution >= 0.6 is 0 Å². The van der Waals surface area contributed by atoms with E-state index in [1.165, 1.54) is 53.6 Å². The van der Waals surface area contributed by atoms with E-state index in [0.29, 0.717) is 0 Å². The number of ether oxygens (including phenoxy) is 1. The molecule has 1 aliphatic heterocycles. The zero-order chi connectivity index (χ0) is 22.9. The molecule has 2 amide bonds. The number of fused-ring (bicyclic) bond motifs is 1. The molecule has 0 spiro atoms. The minimum atomic E-state index is -4.49. The number of hydrogen-bond acceptors (Lipinski definition) is 6. The van der Waals surface area contributed by atoms with Crippen LogP contribution in [0.5, 0.6) is 0 Å². The maximum Gasteiger partial charge on any atom is 0.416 e. The summed E-state index contributed by atoms with van der Waals surface area (Å²) in [5.41, 5.74) is -0.567. The lowest BCUT2D eigenvalue weighted by molar-refractivity contribution is -0.137. The third-order valence-electron chi connectivity index (χ3n) is 4.90. The van der Waals surface area contributed by atoms with Gasteiger partial charge in [0.2, 0.25) is 0 Å². The van der Waals surface area contributed by atoms with Crippen LogP contribution in [0, 0.1) is 0 Å². The summed E-state index contributed by atoms with van der Waals surface area (Å²) in [7, 11) is 1.48. The Labute approximate surface area is 187 Å². The standard InChI is InChI=1S/C20H17F3N6O3.CH4/c1-32-11-14-10-28(13-4-2-12(3-5-13)20(21,22)23)19(31)17-15(8-26-29(14)17)18(30)27-16-9-24-6-7-25-16;/h2-9,14H,10-11H2,1H3,(H,25,27,30);1H4. The molecule has 1 atom stereocenters. The van der Waals surface area contributed by atoms with Crippen molar-refractivity contribution in [2.45, 2.75) is 19.6 Å². The quantitative estimate of drug-likeness (QED) is 0.623. The number of rotatable bonds is 5. The first-order chi connectivity index (χ1) is 15.3. The van der Waals surface area contributed by atoms with E-state index in [1.807, 2.05) is 0 Å². The molecule has 0 saturated carbocycles. The van der Waals surface area contributed by atoms with Gasteiger partial charge in [-0.05, 0) is 24.3 Å². The number of nitrogens with zero attached hydrogens (tertiary/aromatic N) is 5. The van der Waals surface area contributed by atoms with Crippen molar-refractivity contribution in [3.63, 3.8) is 0 Å². The number of anilines is 2. The number of halogens is 3. The molecule has 2 aromatic heterocycles. The maximum atomic E-state index is 13.3. The summed E-state index contributed by atoms with van der Waals surface area (Å²) >= 11 is 0. The monoisotopic (exact) mass is 462 g/mol. The van der Waals surface area contributed by atoms with Crippen molar-refractivity contribution < 1.29 is 27.5 Å². The molecule has 3 heterocycles. The number of carbonyl (C=O) groups is 2. The van der Waals surface area contributed by atoms with Crippen molar-refractivity contribution in [2.24, 2.45) is 0 Å². The molecule has 0 saturated heterocycles. The third kappa shape index (κ3) is 4.70. The smallest absolute Gasteiger partial charge is 0.382 e. The minimum absolute atomic E-state index is 0. The minimum Gasteiger partial charge on any atom is -0.382 e. The molecular weight excluding hydrogens is 441 g/mol. The van der Waals surface area contributed by atoms with Gasteiger partial charge in [-0.25, -0.2) is 4.98 Å². The van der Waals surface area contributed by atoms with Gasteiger partial charge in [0.15, 0.2) is 5.82 Å². The van der Waals surface area contributed by atoms with Crippen LogP contribution in [0.2, 0.25) is 0 Å². The highest BCUT2D eigenvalue weighted by Gasteiger charge is 2.37. The Bertz CT molecular complexity index is 1130. The Morgan fingerprint density at radius 3 is 2.55 bits per heavy atom. The van der Waals surface area contributed by atoms with Crippen molar-refractivity contribution in [2.75, 3.05) is 30.5 Å². The lowest BCUT2D eigenvalue weighted by Crippen LogP contribution is -2.45. The summed E-state index contributed by atoms with van der Waals surface area (Å²) in [5.74, 6) is -1.00. The van der Waals surface area contributed by atoms with E-state index in [-0.39, 0.29) is 43.3 Å². The van der Waals surface area contributed by atoms with Gasteiger partial charge in [0.05, 0.1) is 42.7 Å². The number of amides is 2. The van der Waals surface area contributed by atoms with Crippen LogP contribution in [-0.4, -0.2) is 51.8 Å². The van der Waals surface area contributed by atoms with Gasteiger partial charge in [-0.2, -0.15) is 18.3 Å². The molecule has 1 aliphatic rings.